The number of carbonyl (C=O) groups excluding carboxylic acids is 1. The quantitative estimate of drug-likeness (QED) is 0.781. The Balaban J connectivity index is 1.82. The van der Waals surface area contributed by atoms with E-state index in [4.69, 9.17) is 4.74 Å². The number of nitrogens with one attached hydrogen (secondary N) is 1. The molecule has 1 aromatic rings. The molecule has 2 aliphatic rings. The minimum atomic E-state index is -0.555. The van der Waals surface area contributed by atoms with Gasteiger partial charge in [-0.1, -0.05) is 18.2 Å². The monoisotopic (exact) mass is 288 g/mol. The number of rotatable bonds is 7. The van der Waals surface area contributed by atoms with Crippen molar-refractivity contribution in [1.29, 1.82) is 0 Å². The van der Waals surface area contributed by atoms with Crippen LogP contribution in [-0.4, -0.2) is 38.3 Å². The molecule has 0 spiro atoms. The van der Waals surface area contributed by atoms with E-state index in [1.54, 1.807) is 0 Å². The van der Waals surface area contributed by atoms with Gasteiger partial charge in [0.25, 0.3) is 0 Å². The van der Waals surface area contributed by atoms with E-state index >= 15 is 0 Å². The van der Waals surface area contributed by atoms with Gasteiger partial charge in [-0.05, 0) is 43.7 Å². The second-order valence-electron chi connectivity index (χ2n) is 6.35. The molecule has 4 heteroatoms. The number of carbonyl (C=O) groups is 1. The average Bonchev–Trinajstić information content (AvgIpc) is 3.39. The molecule has 0 aromatic heterocycles. The van der Waals surface area contributed by atoms with Crippen molar-refractivity contribution in [2.45, 2.75) is 37.3 Å². The molecular weight excluding hydrogens is 264 g/mol. The lowest BCUT2D eigenvalue weighted by Gasteiger charge is -2.37. The van der Waals surface area contributed by atoms with Gasteiger partial charge in [-0.25, -0.2) is 4.79 Å². The minimum Gasteiger partial charge on any atom is -0.468 e. The predicted molar refractivity (Wildman–Crippen MR) is 83.3 cm³/mol. The number of likely N-dealkylation sites (N-methyl/N-ethyl adjacent to an activating group) is 1. The van der Waals surface area contributed by atoms with E-state index in [2.05, 4.69) is 22.3 Å². The summed E-state index contributed by atoms with van der Waals surface area (Å²) in [5, 5.41) is 3.60. The number of hydrogen-bond donors (Lipinski definition) is 1. The maximum absolute atomic E-state index is 12.5. The highest BCUT2D eigenvalue weighted by Crippen LogP contribution is 2.43. The molecular formula is C17H24N2O2. The van der Waals surface area contributed by atoms with Crippen molar-refractivity contribution in [3.05, 3.63) is 30.3 Å². The lowest BCUT2D eigenvalue weighted by Crippen LogP contribution is -2.61. The first-order valence-corrected chi connectivity index (χ1v) is 7.78. The van der Waals surface area contributed by atoms with Gasteiger partial charge in [0.1, 0.15) is 5.54 Å². The van der Waals surface area contributed by atoms with Crippen LogP contribution in [0.3, 0.4) is 0 Å². The Morgan fingerprint density at radius 1 is 1.29 bits per heavy atom. The van der Waals surface area contributed by atoms with E-state index in [9.17, 15) is 4.79 Å². The maximum Gasteiger partial charge on any atom is 0.328 e. The lowest BCUT2D eigenvalue weighted by atomic mass is 9.91. The van der Waals surface area contributed by atoms with Crippen LogP contribution in [0, 0.1) is 5.92 Å². The molecule has 3 rings (SSSR count). The molecule has 2 aliphatic carbocycles. The number of esters is 1. The number of nitrogens with zero attached hydrogens (tertiary/aromatic N) is 1. The second-order valence-corrected chi connectivity index (χ2v) is 6.35. The van der Waals surface area contributed by atoms with E-state index in [1.807, 2.05) is 25.2 Å². The maximum atomic E-state index is 12.5. The normalized spacial score (nSPS) is 20.7. The van der Waals surface area contributed by atoms with Crippen LogP contribution in [0.25, 0.3) is 0 Å². The van der Waals surface area contributed by atoms with Crippen LogP contribution < -0.4 is 10.2 Å². The molecule has 0 bridgehead atoms. The number of anilines is 1. The molecule has 4 nitrogen and oxygen atoms in total. The van der Waals surface area contributed by atoms with Gasteiger partial charge in [-0.2, -0.15) is 0 Å². The number of hydrogen-bond acceptors (Lipinski definition) is 4. The molecule has 0 aliphatic heterocycles. The molecule has 2 saturated carbocycles. The largest absolute Gasteiger partial charge is 0.468 e. The van der Waals surface area contributed by atoms with Gasteiger partial charge < -0.3 is 9.64 Å². The highest BCUT2D eigenvalue weighted by molar-refractivity contribution is 5.83. The van der Waals surface area contributed by atoms with Crippen LogP contribution in [0.15, 0.2) is 30.3 Å². The Kier molecular flexibility index (Phi) is 3.89. The molecule has 1 N–H and O–H groups in total. The number of benzene rings is 1. The van der Waals surface area contributed by atoms with Crippen LogP contribution >= 0.6 is 0 Å². The second kappa shape index (κ2) is 5.68. The molecule has 1 unspecified atom stereocenters. The molecule has 0 amide bonds. The standard InChI is InChI=1S/C17H24N2O2/c1-19(15-6-4-3-5-7-15)12-17(13-8-9-13,16(20)21-2)18-14-10-11-14/h3-7,13-14,18H,8-12H2,1-2H3. The summed E-state index contributed by atoms with van der Waals surface area (Å²) in [6.45, 7) is 0.658. The van der Waals surface area contributed by atoms with Crippen LogP contribution in [0.4, 0.5) is 5.69 Å². The SMILES string of the molecule is COC(=O)C(CN(C)c1ccccc1)(NC1CC1)C1CC1. The zero-order valence-electron chi connectivity index (χ0n) is 12.8. The fraction of sp³-hybridized carbons (Fsp3) is 0.588. The first kappa shape index (κ1) is 14.4. The van der Waals surface area contributed by atoms with Crippen molar-refractivity contribution < 1.29 is 9.53 Å². The van der Waals surface area contributed by atoms with Crippen molar-refractivity contribution in [3.63, 3.8) is 0 Å². The van der Waals surface area contributed by atoms with Gasteiger partial charge in [0.15, 0.2) is 0 Å². The highest BCUT2D eigenvalue weighted by Gasteiger charge is 2.54. The minimum absolute atomic E-state index is 0.111. The Bertz CT molecular complexity index is 497. The summed E-state index contributed by atoms with van der Waals surface area (Å²) < 4.78 is 5.15. The summed E-state index contributed by atoms with van der Waals surface area (Å²) in [4.78, 5) is 14.7. The van der Waals surface area contributed by atoms with E-state index in [0.717, 1.165) is 18.5 Å². The zero-order valence-corrected chi connectivity index (χ0v) is 12.8. The first-order chi connectivity index (χ1) is 10.2. The summed E-state index contributed by atoms with van der Waals surface area (Å²) in [6.07, 6.45) is 4.55. The Labute approximate surface area is 126 Å². The van der Waals surface area contributed by atoms with Crippen LogP contribution in [0.5, 0.6) is 0 Å². The highest BCUT2D eigenvalue weighted by atomic mass is 16.5. The number of para-hydroxylation sites is 1. The Morgan fingerprint density at radius 3 is 2.48 bits per heavy atom. The molecule has 0 heterocycles. The third-order valence-corrected chi connectivity index (χ3v) is 4.55. The Morgan fingerprint density at radius 2 is 1.95 bits per heavy atom. The predicted octanol–water partition coefficient (Wildman–Crippen LogP) is 2.20. The third-order valence-electron chi connectivity index (χ3n) is 4.55. The molecule has 114 valence electrons. The van der Waals surface area contributed by atoms with Gasteiger partial charge in [-0.3, -0.25) is 5.32 Å². The van der Waals surface area contributed by atoms with Crippen LogP contribution in [0.1, 0.15) is 25.7 Å². The third kappa shape index (κ3) is 3.05. The Hall–Kier alpha value is -1.55. The molecule has 21 heavy (non-hydrogen) atoms. The number of methoxy groups -OCH3 is 1. The number of ether oxygens (including phenoxy) is 1. The molecule has 0 saturated heterocycles. The van der Waals surface area contributed by atoms with Crippen molar-refractivity contribution >= 4 is 11.7 Å². The first-order valence-electron chi connectivity index (χ1n) is 7.78. The zero-order chi connectivity index (χ0) is 14.9. The van der Waals surface area contributed by atoms with E-state index in [1.165, 1.54) is 20.0 Å². The van der Waals surface area contributed by atoms with Gasteiger partial charge in [0.2, 0.25) is 0 Å². The van der Waals surface area contributed by atoms with Gasteiger partial charge in [0.05, 0.1) is 7.11 Å². The molecule has 2 fully saturated rings. The van der Waals surface area contributed by atoms with Crippen LogP contribution in [-0.2, 0) is 9.53 Å². The van der Waals surface area contributed by atoms with E-state index < -0.39 is 5.54 Å². The van der Waals surface area contributed by atoms with Crippen molar-refractivity contribution in [3.8, 4) is 0 Å². The fourth-order valence-electron chi connectivity index (χ4n) is 3.08. The van der Waals surface area contributed by atoms with Gasteiger partial charge in [-0.15, -0.1) is 0 Å². The van der Waals surface area contributed by atoms with Crippen molar-refractivity contribution in [2.24, 2.45) is 5.92 Å². The summed E-state index contributed by atoms with van der Waals surface area (Å²) in [6, 6.07) is 10.7. The van der Waals surface area contributed by atoms with E-state index in [0.29, 0.717) is 18.5 Å². The smallest absolute Gasteiger partial charge is 0.328 e. The summed E-state index contributed by atoms with van der Waals surface area (Å²) in [5.41, 5.74) is 0.574. The lowest BCUT2D eigenvalue weighted by molar-refractivity contribution is -0.149. The van der Waals surface area contributed by atoms with Crippen molar-refractivity contribution in [2.75, 3.05) is 25.6 Å². The summed E-state index contributed by atoms with van der Waals surface area (Å²) in [7, 11) is 3.54. The van der Waals surface area contributed by atoms with Crippen molar-refractivity contribution in [1.82, 2.24) is 5.32 Å². The molecule has 1 atom stereocenters. The van der Waals surface area contributed by atoms with Crippen LogP contribution in [0.2, 0.25) is 0 Å². The van der Waals surface area contributed by atoms with Gasteiger partial charge in [0, 0.05) is 25.3 Å². The van der Waals surface area contributed by atoms with Gasteiger partial charge >= 0.3 is 5.97 Å². The molecule has 1 aromatic carbocycles. The fourth-order valence-corrected chi connectivity index (χ4v) is 3.08. The summed E-state index contributed by atoms with van der Waals surface area (Å²) >= 11 is 0. The summed E-state index contributed by atoms with van der Waals surface area (Å²) in [5.74, 6) is 0.288. The topological polar surface area (TPSA) is 41.6 Å². The average molecular weight is 288 g/mol. The molecule has 0 radical (unpaired) electrons. The van der Waals surface area contributed by atoms with E-state index in [-0.39, 0.29) is 5.97 Å².